The van der Waals surface area contributed by atoms with Gasteiger partial charge in [0.05, 0.1) is 0 Å². The Balaban J connectivity index is 1.89. The molecule has 0 amide bonds. The van der Waals surface area contributed by atoms with Gasteiger partial charge in [-0.05, 0) is 0 Å². The van der Waals surface area contributed by atoms with Gasteiger partial charge < -0.3 is 0 Å². The van der Waals surface area contributed by atoms with Crippen LogP contribution in [0.1, 0.15) is 51.4 Å². The summed E-state index contributed by atoms with van der Waals surface area (Å²) < 4.78 is 0. The Morgan fingerprint density at radius 1 is 0.750 bits per heavy atom. The maximum atomic E-state index is 1.94. The van der Waals surface area contributed by atoms with Gasteiger partial charge in [0.15, 0.2) is 0 Å². The zero-order valence-electron chi connectivity index (χ0n) is 7.81. The molecule has 0 bridgehead atoms. The van der Waals surface area contributed by atoms with Crippen LogP contribution in [-0.4, -0.2) is 5.43 Å². The molecule has 0 heterocycles. The van der Waals surface area contributed by atoms with E-state index in [1.807, 2.05) is 23.3 Å². The van der Waals surface area contributed by atoms with Crippen molar-refractivity contribution >= 4 is 5.43 Å². The molecule has 64 valence electrons. The topological polar surface area (TPSA) is 0 Å². The zero-order valence-corrected chi connectivity index (χ0v) is 11.3. The molecule has 0 aromatic carbocycles. The standard InChI is InChI=1S/C10H18Si.Zr/c1-2-6-9(5-1)11-10-7-3-4-8-10;/h9-10H,1-8H2;/q;+2. The molecule has 2 fully saturated rings. The van der Waals surface area contributed by atoms with Crippen LogP contribution in [0.15, 0.2) is 0 Å². The fourth-order valence-corrected chi connectivity index (χ4v) is 9.79. The third kappa shape index (κ3) is 2.12. The van der Waals surface area contributed by atoms with Crippen LogP contribution in [0.5, 0.6) is 0 Å². The molecule has 0 spiro atoms. The Bertz CT molecular complexity index is 149. The van der Waals surface area contributed by atoms with E-state index >= 15 is 0 Å². The van der Waals surface area contributed by atoms with Gasteiger partial charge in [-0.2, -0.15) is 0 Å². The van der Waals surface area contributed by atoms with E-state index in [-0.39, 0.29) is 5.43 Å². The van der Waals surface area contributed by atoms with Crippen molar-refractivity contribution in [3.05, 3.63) is 0 Å². The molecule has 0 saturated heterocycles. The summed E-state index contributed by atoms with van der Waals surface area (Å²) >= 11 is 1.94. The first-order chi connectivity index (χ1) is 5.88. The summed E-state index contributed by atoms with van der Waals surface area (Å²) in [5, 5.41) is 0. The molecule has 0 atom stereocenters. The summed E-state index contributed by atoms with van der Waals surface area (Å²) in [6, 6.07) is 0. The van der Waals surface area contributed by atoms with Gasteiger partial charge in [-0.3, -0.25) is 0 Å². The van der Waals surface area contributed by atoms with E-state index in [9.17, 15) is 0 Å². The molecule has 2 saturated carbocycles. The third-order valence-electron chi connectivity index (χ3n) is 3.59. The van der Waals surface area contributed by atoms with Crippen LogP contribution in [-0.2, 0) is 23.3 Å². The molecule has 0 aromatic rings. The van der Waals surface area contributed by atoms with Crippen LogP contribution >= 0.6 is 0 Å². The second-order valence-electron chi connectivity index (χ2n) is 4.42. The quantitative estimate of drug-likeness (QED) is 0.665. The molecule has 0 nitrogen and oxygen atoms in total. The van der Waals surface area contributed by atoms with Gasteiger partial charge in [0.1, 0.15) is 0 Å². The average Bonchev–Trinajstić information content (AvgIpc) is 2.77. The van der Waals surface area contributed by atoms with Crippen LogP contribution in [0.2, 0.25) is 11.1 Å². The number of rotatable bonds is 2. The summed E-state index contributed by atoms with van der Waals surface area (Å²) in [5.74, 6) is 0. The average molecular weight is 258 g/mol. The predicted molar refractivity (Wildman–Crippen MR) is 50.2 cm³/mol. The van der Waals surface area contributed by atoms with E-state index in [0.717, 1.165) is 0 Å². The number of hydrogen-bond acceptors (Lipinski definition) is 0. The summed E-state index contributed by atoms with van der Waals surface area (Å²) in [6.07, 6.45) is 12.7. The summed E-state index contributed by atoms with van der Waals surface area (Å²) in [5.41, 5.74) is 2.64. The van der Waals surface area contributed by atoms with Crippen LogP contribution in [0.4, 0.5) is 0 Å². The van der Waals surface area contributed by atoms with Crippen molar-refractivity contribution in [2.75, 3.05) is 0 Å². The molecule has 0 aliphatic heterocycles. The minimum atomic E-state index is 0.145. The van der Waals surface area contributed by atoms with E-state index in [0.29, 0.717) is 0 Å². The van der Waals surface area contributed by atoms with Crippen LogP contribution in [0, 0.1) is 0 Å². The molecule has 2 rings (SSSR count). The fourth-order valence-electron chi connectivity index (χ4n) is 2.81. The van der Waals surface area contributed by atoms with Gasteiger partial charge >= 0.3 is 91.2 Å². The Morgan fingerprint density at radius 3 is 1.42 bits per heavy atom. The molecule has 2 heteroatoms. The van der Waals surface area contributed by atoms with Crippen molar-refractivity contribution in [3.8, 4) is 0 Å². The van der Waals surface area contributed by atoms with E-state index in [1.54, 1.807) is 51.4 Å². The minimum absolute atomic E-state index is 0.145. The molecule has 12 heavy (non-hydrogen) atoms. The molecule has 0 unspecified atom stereocenters. The molecule has 0 N–H and O–H groups in total. The molecule has 0 radical (unpaired) electrons. The van der Waals surface area contributed by atoms with Gasteiger partial charge in [0.2, 0.25) is 0 Å². The third-order valence-corrected chi connectivity index (χ3v) is 12.5. The van der Waals surface area contributed by atoms with Gasteiger partial charge in [-0.15, -0.1) is 0 Å². The van der Waals surface area contributed by atoms with Crippen molar-refractivity contribution < 1.29 is 23.3 Å². The summed E-state index contributed by atoms with van der Waals surface area (Å²) in [7, 11) is 0. The number of hydrogen-bond donors (Lipinski definition) is 0. The normalized spacial score (nSPS) is 26.8. The summed E-state index contributed by atoms with van der Waals surface area (Å²) in [4.78, 5) is 0. The fraction of sp³-hybridized carbons (Fsp3) is 1.00. The SMILES string of the molecule is [Zr+2]=[Si](C1CCCC1)C1CCCC1. The van der Waals surface area contributed by atoms with Crippen molar-refractivity contribution in [3.63, 3.8) is 0 Å². The van der Waals surface area contributed by atoms with E-state index in [4.69, 9.17) is 0 Å². The first-order valence-electron chi connectivity index (χ1n) is 5.46. The second kappa shape index (κ2) is 4.55. The van der Waals surface area contributed by atoms with Crippen molar-refractivity contribution in [2.24, 2.45) is 0 Å². The Hall–Kier alpha value is 1.10. The Kier molecular flexibility index (Phi) is 3.66. The van der Waals surface area contributed by atoms with Crippen molar-refractivity contribution in [1.29, 1.82) is 0 Å². The second-order valence-corrected chi connectivity index (χ2v) is 11.2. The predicted octanol–water partition coefficient (Wildman–Crippen LogP) is 3.41. The van der Waals surface area contributed by atoms with E-state index < -0.39 is 0 Å². The molecular formula is C10H18SiZr+2. The van der Waals surface area contributed by atoms with Gasteiger partial charge in [-0.25, -0.2) is 0 Å². The Labute approximate surface area is 90.9 Å². The first kappa shape index (κ1) is 9.65. The first-order valence-corrected chi connectivity index (χ1v) is 10.8. The van der Waals surface area contributed by atoms with Gasteiger partial charge in [0, 0.05) is 0 Å². The van der Waals surface area contributed by atoms with Gasteiger partial charge in [-0.1, -0.05) is 0 Å². The maximum absolute atomic E-state index is 1.94. The van der Waals surface area contributed by atoms with Crippen molar-refractivity contribution in [1.82, 2.24) is 0 Å². The molecule has 0 aromatic heterocycles. The molecular weight excluding hydrogens is 239 g/mol. The van der Waals surface area contributed by atoms with Crippen LogP contribution < -0.4 is 0 Å². The Morgan fingerprint density at radius 2 is 1.08 bits per heavy atom. The van der Waals surface area contributed by atoms with Crippen molar-refractivity contribution in [2.45, 2.75) is 62.4 Å². The molecule has 2 aliphatic rings. The van der Waals surface area contributed by atoms with E-state index in [2.05, 4.69) is 0 Å². The van der Waals surface area contributed by atoms with E-state index in [1.165, 1.54) is 11.1 Å². The van der Waals surface area contributed by atoms with Crippen LogP contribution in [0.25, 0.3) is 0 Å². The van der Waals surface area contributed by atoms with Crippen LogP contribution in [0.3, 0.4) is 0 Å². The summed E-state index contributed by atoms with van der Waals surface area (Å²) in [6.45, 7) is 0. The monoisotopic (exact) mass is 256 g/mol. The van der Waals surface area contributed by atoms with Gasteiger partial charge in [0.25, 0.3) is 0 Å². The zero-order chi connectivity index (χ0) is 8.39. The molecule has 2 aliphatic carbocycles.